The number of hydrogen-bond donors (Lipinski definition) is 1. The molecule has 32 heavy (non-hydrogen) atoms. The van der Waals surface area contributed by atoms with Crippen molar-refractivity contribution in [2.45, 2.75) is 32.8 Å². The number of aliphatic carboxylic acids is 1. The second-order valence-electron chi connectivity index (χ2n) is 8.17. The number of carbonyl (C=O) groups excluding carboxylic acids is 1. The fourth-order valence-electron chi connectivity index (χ4n) is 4.20. The van der Waals surface area contributed by atoms with Gasteiger partial charge in [-0.3, -0.25) is 9.59 Å². The first-order chi connectivity index (χ1) is 15.3. The Balaban J connectivity index is 1.58. The summed E-state index contributed by atoms with van der Waals surface area (Å²) in [5.41, 5.74) is 2.67. The Hall–Kier alpha value is -3.61. The number of carbonyl (C=O) groups is 2. The Morgan fingerprint density at radius 3 is 2.69 bits per heavy atom. The minimum atomic E-state index is -0.884. The van der Waals surface area contributed by atoms with Gasteiger partial charge in [0.2, 0.25) is 0 Å². The average Bonchev–Trinajstić information content (AvgIpc) is 2.78. The Morgan fingerprint density at radius 2 is 1.94 bits per heavy atom. The van der Waals surface area contributed by atoms with Gasteiger partial charge in [-0.2, -0.15) is 0 Å². The third-order valence-electron chi connectivity index (χ3n) is 5.89. The maximum atomic E-state index is 12.8. The van der Waals surface area contributed by atoms with Gasteiger partial charge in [-0.25, -0.2) is 4.79 Å². The lowest BCUT2D eigenvalue weighted by Crippen LogP contribution is -2.47. The molecule has 2 aromatic carbocycles. The topological polar surface area (TPSA) is 97.0 Å². The highest BCUT2D eigenvalue weighted by Crippen LogP contribution is 2.31. The van der Waals surface area contributed by atoms with Gasteiger partial charge in [-0.1, -0.05) is 24.3 Å². The van der Waals surface area contributed by atoms with Gasteiger partial charge < -0.3 is 19.2 Å². The number of likely N-dealkylation sites (tertiary alicyclic amines) is 1. The summed E-state index contributed by atoms with van der Waals surface area (Å²) < 4.78 is 11.2. The van der Waals surface area contributed by atoms with Crippen molar-refractivity contribution < 1.29 is 23.8 Å². The van der Waals surface area contributed by atoms with E-state index in [4.69, 9.17) is 9.15 Å². The van der Waals surface area contributed by atoms with Gasteiger partial charge in [-0.05, 0) is 49.9 Å². The van der Waals surface area contributed by atoms with Crippen LogP contribution in [-0.2, 0) is 9.59 Å². The number of fused-ring (bicyclic) bond motifs is 1. The van der Waals surface area contributed by atoms with Crippen LogP contribution in [0.4, 0.5) is 0 Å². The van der Waals surface area contributed by atoms with E-state index in [0.717, 1.165) is 22.1 Å². The normalized spacial score (nSPS) is 17.2. The van der Waals surface area contributed by atoms with Crippen molar-refractivity contribution in [3.63, 3.8) is 0 Å². The summed E-state index contributed by atoms with van der Waals surface area (Å²) in [6.45, 7) is 4.32. The molecule has 1 aliphatic rings. The second kappa shape index (κ2) is 8.86. The maximum absolute atomic E-state index is 12.8. The molecule has 1 saturated heterocycles. The molecule has 4 rings (SSSR count). The van der Waals surface area contributed by atoms with Crippen molar-refractivity contribution in [3.8, 4) is 16.9 Å². The molecule has 1 N–H and O–H groups in total. The molecule has 1 fully saturated rings. The van der Waals surface area contributed by atoms with Crippen LogP contribution in [0.2, 0.25) is 0 Å². The van der Waals surface area contributed by atoms with Gasteiger partial charge in [-0.15, -0.1) is 0 Å². The summed E-state index contributed by atoms with van der Waals surface area (Å²) in [6.07, 6.45) is 0.422. The number of carboxylic acid groups (broad SMARTS) is 1. The molecule has 1 unspecified atom stereocenters. The fourth-order valence-corrected chi connectivity index (χ4v) is 4.20. The Bertz CT molecular complexity index is 1230. The molecule has 0 radical (unpaired) electrons. The van der Waals surface area contributed by atoms with Gasteiger partial charge in [0.1, 0.15) is 11.3 Å². The predicted octanol–water partition coefficient (Wildman–Crippen LogP) is 3.86. The Kier molecular flexibility index (Phi) is 5.99. The number of carboxylic acids is 1. The third kappa shape index (κ3) is 4.37. The first kappa shape index (κ1) is 21.6. The van der Waals surface area contributed by atoms with Crippen LogP contribution in [0.5, 0.6) is 5.75 Å². The van der Waals surface area contributed by atoms with E-state index in [1.54, 1.807) is 24.0 Å². The number of nitrogens with zero attached hydrogens (tertiary/aromatic N) is 1. The predicted molar refractivity (Wildman–Crippen MR) is 120 cm³/mol. The minimum Gasteiger partial charge on any atom is -0.481 e. The smallest absolute Gasteiger partial charge is 0.336 e. The van der Waals surface area contributed by atoms with Crippen molar-refractivity contribution >= 4 is 22.8 Å². The van der Waals surface area contributed by atoms with E-state index in [-0.39, 0.29) is 12.5 Å². The monoisotopic (exact) mass is 435 g/mol. The van der Waals surface area contributed by atoms with Crippen LogP contribution in [0.1, 0.15) is 25.3 Å². The van der Waals surface area contributed by atoms with Crippen LogP contribution in [0.25, 0.3) is 22.1 Å². The molecule has 3 aromatic rings. The quantitative estimate of drug-likeness (QED) is 0.612. The Morgan fingerprint density at radius 1 is 1.16 bits per heavy atom. The minimum absolute atomic E-state index is 0.189. The second-order valence-corrected chi connectivity index (χ2v) is 8.17. The summed E-state index contributed by atoms with van der Waals surface area (Å²) in [6, 6.07) is 14.4. The number of benzene rings is 2. The summed E-state index contributed by atoms with van der Waals surface area (Å²) in [4.78, 5) is 37.8. The van der Waals surface area contributed by atoms with Crippen molar-refractivity contribution in [1.82, 2.24) is 4.90 Å². The van der Waals surface area contributed by atoms with E-state index in [1.165, 1.54) is 6.07 Å². The van der Waals surface area contributed by atoms with Crippen LogP contribution in [-0.4, -0.2) is 41.1 Å². The molecule has 1 aromatic heterocycles. The number of rotatable bonds is 5. The summed E-state index contributed by atoms with van der Waals surface area (Å²) in [7, 11) is 0. The Labute approximate surface area is 185 Å². The number of amides is 1. The van der Waals surface area contributed by atoms with Crippen LogP contribution in [0.15, 0.2) is 57.7 Å². The molecule has 0 saturated carbocycles. The summed E-state index contributed by atoms with van der Waals surface area (Å²) in [5.74, 6) is -1.29. The van der Waals surface area contributed by atoms with E-state index in [9.17, 15) is 19.5 Å². The zero-order valence-electron chi connectivity index (χ0n) is 18.0. The largest absolute Gasteiger partial charge is 0.481 e. The van der Waals surface area contributed by atoms with Crippen molar-refractivity contribution in [2.24, 2.45) is 5.92 Å². The lowest BCUT2D eigenvalue weighted by molar-refractivity contribution is -0.147. The van der Waals surface area contributed by atoms with Gasteiger partial charge in [0.05, 0.1) is 5.92 Å². The van der Waals surface area contributed by atoms with Gasteiger partial charge in [0.25, 0.3) is 5.91 Å². The molecule has 2 heterocycles. The fraction of sp³-hybridized carbons (Fsp3) is 0.320. The highest BCUT2D eigenvalue weighted by molar-refractivity contribution is 5.94. The SMILES string of the molecule is Cc1ccccc1-c1cc(=O)oc2cc(OC(C)C(=O)N3CCC[C@@H](C(=O)O)C3)ccc12. The van der Waals surface area contributed by atoms with Crippen LogP contribution in [0, 0.1) is 12.8 Å². The van der Waals surface area contributed by atoms with Gasteiger partial charge in [0.15, 0.2) is 6.10 Å². The number of ether oxygens (including phenoxy) is 1. The highest BCUT2D eigenvalue weighted by Gasteiger charge is 2.31. The molecule has 2 atom stereocenters. The zero-order valence-corrected chi connectivity index (χ0v) is 18.0. The highest BCUT2D eigenvalue weighted by atomic mass is 16.5. The number of hydrogen-bond acceptors (Lipinski definition) is 5. The third-order valence-corrected chi connectivity index (χ3v) is 5.89. The van der Waals surface area contributed by atoms with Crippen molar-refractivity contribution in [2.75, 3.05) is 13.1 Å². The molecule has 1 amide bonds. The first-order valence-electron chi connectivity index (χ1n) is 10.7. The van der Waals surface area contributed by atoms with Gasteiger partial charge >= 0.3 is 11.6 Å². The molecule has 0 aliphatic carbocycles. The molecular weight excluding hydrogens is 410 g/mol. The van der Waals surface area contributed by atoms with E-state index in [0.29, 0.717) is 30.7 Å². The maximum Gasteiger partial charge on any atom is 0.336 e. The number of aryl methyl sites for hydroxylation is 1. The summed E-state index contributed by atoms with van der Waals surface area (Å²) in [5, 5.41) is 10.0. The first-order valence-corrected chi connectivity index (χ1v) is 10.7. The van der Waals surface area contributed by atoms with E-state index >= 15 is 0 Å². The average molecular weight is 435 g/mol. The molecule has 7 nitrogen and oxygen atoms in total. The van der Waals surface area contributed by atoms with Crippen LogP contribution >= 0.6 is 0 Å². The molecular formula is C25H25NO6. The van der Waals surface area contributed by atoms with Crippen LogP contribution in [0.3, 0.4) is 0 Å². The van der Waals surface area contributed by atoms with E-state index in [1.807, 2.05) is 37.3 Å². The molecule has 1 aliphatic heterocycles. The van der Waals surface area contributed by atoms with E-state index in [2.05, 4.69) is 0 Å². The molecule has 0 spiro atoms. The van der Waals surface area contributed by atoms with Gasteiger partial charge in [0, 0.05) is 36.2 Å². The zero-order chi connectivity index (χ0) is 22.8. The lowest BCUT2D eigenvalue weighted by Gasteiger charge is -2.32. The van der Waals surface area contributed by atoms with Crippen molar-refractivity contribution in [3.05, 3.63) is 64.5 Å². The van der Waals surface area contributed by atoms with Crippen molar-refractivity contribution in [1.29, 1.82) is 0 Å². The van der Waals surface area contributed by atoms with Crippen LogP contribution < -0.4 is 10.4 Å². The molecule has 7 heteroatoms. The standard InChI is InChI=1S/C25H25NO6/c1-15-6-3-4-8-19(15)21-13-23(27)32-22-12-18(9-10-20(21)22)31-16(2)24(28)26-11-5-7-17(14-26)25(29)30/h3-4,6,8-10,12-13,16-17H,5,7,11,14H2,1-2H3,(H,29,30)/t16?,17-/m1/s1. The molecule has 166 valence electrons. The lowest BCUT2D eigenvalue weighted by atomic mass is 9.98. The number of piperidine rings is 1. The summed E-state index contributed by atoms with van der Waals surface area (Å²) >= 11 is 0. The molecule has 0 bridgehead atoms. The van der Waals surface area contributed by atoms with E-state index < -0.39 is 23.6 Å².